The first kappa shape index (κ1) is 30.5. The van der Waals surface area contributed by atoms with Crippen molar-refractivity contribution in [3.63, 3.8) is 0 Å². The van der Waals surface area contributed by atoms with Gasteiger partial charge >= 0.3 is 5.97 Å². The Bertz CT molecular complexity index is 1120. The van der Waals surface area contributed by atoms with E-state index in [0.29, 0.717) is 32.2 Å². The Kier molecular flexibility index (Phi) is 9.90. The van der Waals surface area contributed by atoms with Crippen molar-refractivity contribution in [2.75, 3.05) is 31.2 Å². The quantitative estimate of drug-likeness (QED) is 0.145. The first-order valence-corrected chi connectivity index (χ1v) is 15.1. The minimum Gasteiger partial charge on any atom is -0.465 e. The van der Waals surface area contributed by atoms with Crippen molar-refractivity contribution >= 4 is 39.4 Å². The number of carbonyl (C=O) groups excluding carboxylic acids is 3. The van der Waals surface area contributed by atoms with Crippen molar-refractivity contribution in [3.05, 3.63) is 54.6 Å². The van der Waals surface area contributed by atoms with Crippen LogP contribution in [0.25, 0.3) is 0 Å². The second-order valence-electron chi connectivity index (χ2n) is 11.1. The zero-order valence-corrected chi connectivity index (χ0v) is 25.1. The van der Waals surface area contributed by atoms with Gasteiger partial charge in [-0.25, -0.2) is 0 Å². The van der Waals surface area contributed by atoms with Crippen LogP contribution >= 0.6 is 15.9 Å². The van der Waals surface area contributed by atoms with E-state index in [1.807, 2.05) is 32.0 Å². The number of benzene rings is 1. The van der Waals surface area contributed by atoms with E-state index in [-0.39, 0.29) is 36.4 Å². The molecule has 3 saturated heterocycles. The molecule has 1 aromatic rings. The molecule has 3 fully saturated rings. The second kappa shape index (κ2) is 13.0. The van der Waals surface area contributed by atoms with Crippen LogP contribution in [-0.4, -0.2) is 76.7 Å². The van der Waals surface area contributed by atoms with E-state index in [1.165, 1.54) is 0 Å². The van der Waals surface area contributed by atoms with Crippen molar-refractivity contribution in [3.8, 4) is 0 Å². The van der Waals surface area contributed by atoms with Crippen LogP contribution in [0, 0.1) is 25.7 Å². The fourth-order valence-electron chi connectivity index (χ4n) is 6.80. The molecule has 1 N–H and O–H groups in total. The largest absolute Gasteiger partial charge is 0.465 e. The smallest absolute Gasteiger partial charge is 0.312 e. The number of aliphatic hydroxyl groups is 1. The molecule has 0 radical (unpaired) electrons. The van der Waals surface area contributed by atoms with Gasteiger partial charge in [-0.05, 0) is 50.7 Å². The van der Waals surface area contributed by atoms with Crippen LogP contribution < -0.4 is 4.90 Å². The highest BCUT2D eigenvalue weighted by Crippen LogP contribution is 2.60. The summed E-state index contributed by atoms with van der Waals surface area (Å²) in [5, 5.41) is 9.17. The number of unbranched alkanes of at least 4 members (excludes halogenated alkanes) is 3. The van der Waals surface area contributed by atoms with E-state index in [9.17, 15) is 14.4 Å². The molecule has 9 heteroatoms. The number of halogens is 1. The lowest BCUT2D eigenvalue weighted by Gasteiger charge is -2.37. The van der Waals surface area contributed by atoms with Gasteiger partial charge in [-0.1, -0.05) is 59.1 Å². The molecule has 218 valence electrons. The molecule has 3 heterocycles. The molecule has 0 saturated carbocycles. The van der Waals surface area contributed by atoms with Crippen molar-refractivity contribution in [1.29, 1.82) is 0 Å². The van der Waals surface area contributed by atoms with Gasteiger partial charge in [0, 0.05) is 30.2 Å². The molecule has 2 bridgehead atoms. The van der Waals surface area contributed by atoms with Crippen LogP contribution in [0.15, 0.2) is 43.5 Å². The highest BCUT2D eigenvalue weighted by molar-refractivity contribution is 9.09. The maximum absolute atomic E-state index is 14.7. The van der Waals surface area contributed by atoms with E-state index in [2.05, 4.69) is 29.1 Å². The summed E-state index contributed by atoms with van der Waals surface area (Å²) in [5.41, 5.74) is 1.55. The number of aryl methyl sites for hydroxylation is 2. The molecule has 0 aromatic heterocycles. The number of ether oxygens (including phenoxy) is 2. The molecule has 6 atom stereocenters. The van der Waals surface area contributed by atoms with E-state index in [0.717, 1.165) is 29.7 Å². The molecular formula is C31H41BrN2O6. The number of anilines is 1. The van der Waals surface area contributed by atoms with Crippen LogP contribution in [-0.2, 0) is 23.9 Å². The maximum atomic E-state index is 14.7. The third-order valence-electron chi connectivity index (χ3n) is 8.46. The van der Waals surface area contributed by atoms with Gasteiger partial charge in [0.25, 0.3) is 5.91 Å². The molecule has 3 aliphatic heterocycles. The second-order valence-corrected chi connectivity index (χ2v) is 12.2. The number of alkyl halides is 1. The predicted octanol–water partition coefficient (Wildman–Crippen LogP) is 4.24. The van der Waals surface area contributed by atoms with Crippen LogP contribution in [0.1, 0.15) is 49.7 Å². The van der Waals surface area contributed by atoms with E-state index in [1.54, 1.807) is 22.0 Å². The highest BCUT2D eigenvalue weighted by Gasteiger charge is 2.77. The fourth-order valence-corrected chi connectivity index (χ4v) is 7.75. The average Bonchev–Trinajstić information content (AvgIpc) is 3.51. The molecule has 2 amide bonds. The van der Waals surface area contributed by atoms with Crippen LogP contribution in [0.4, 0.5) is 5.69 Å². The number of nitrogens with zero attached hydrogens (tertiary/aromatic N) is 2. The lowest BCUT2D eigenvalue weighted by Crippen LogP contribution is -2.57. The number of hydrogen-bond donors (Lipinski definition) is 1. The Balaban J connectivity index is 1.74. The number of rotatable bonds is 14. The van der Waals surface area contributed by atoms with Crippen LogP contribution in [0.2, 0.25) is 0 Å². The number of para-hydroxylation sites is 1. The maximum Gasteiger partial charge on any atom is 0.312 e. The zero-order chi connectivity index (χ0) is 29.0. The highest BCUT2D eigenvalue weighted by atomic mass is 79.9. The number of fused-ring (bicyclic) bond motifs is 1. The van der Waals surface area contributed by atoms with Gasteiger partial charge in [-0.2, -0.15) is 0 Å². The summed E-state index contributed by atoms with van der Waals surface area (Å²) < 4.78 is 12.2. The lowest BCUT2D eigenvalue weighted by atomic mass is 9.70. The average molecular weight is 618 g/mol. The standard InChI is InChI=1S/C31H41BrN2O6/c1-5-7-18-39-30(38)23-24-28(36)34(16-10-8-9-11-17-35)27(31(24)19-22(32)26(23)40-31)29(37)33(15-6-2)25-20(3)13-12-14-21(25)4/h5-6,12-14,22-24,26-27,35H,1-2,7-11,15-19H2,3-4H3/t22?,23-,24-,26-,27?,31?/m0/s1. The number of hydrogen-bond acceptors (Lipinski definition) is 6. The SMILES string of the molecule is C=CCCOC(=O)[C@H]1[C@H]2C(=O)N(CCCCCCO)C(C(=O)N(CC=C)c3c(C)cccc3C)C23CC(Br)[C@@H]1O3. The topological polar surface area (TPSA) is 96.4 Å². The predicted molar refractivity (Wildman–Crippen MR) is 157 cm³/mol. The van der Waals surface area contributed by atoms with Crippen molar-refractivity contribution in [2.24, 2.45) is 11.8 Å². The molecule has 1 aromatic carbocycles. The van der Waals surface area contributed by atoms with Gasteiger partial charge in [-0.15, -0.1) is 13.2 Å². The normalized spacial score (nSPS) is 28.4. The van der Waals surface area contributed by atoms with Gasteiger partial charge in [0.05, 0.1) is 24.5 Å². The number of amides is 2. The minimum atomic E-state index is -1.14. The van der Waals surface area contributed by atoms with Crippen molar-refractivity contribution < 1.29 is 29.0 Å². The minimum absolute atomic E-state index is 0.124. The summed E-state index contributed by atoms with van der Waals surface area (Å²) in [5.74, 6) is -2.52. The first-order chi connectivity index (χ1) is 19.2. The summed E-state index contributed by atoms with van der Waals surface area (Å²) in [6, 6.07) is 4.99. The third-order valence-corrected chi connectivity index (χ3v) is 9.30. The number of aliphatic hydroxyl groups excluding tert-OH is 1. The molecule has 40 heavy (non-hydrogen) atoms. The summed E-state index contributed by atoms with van der Waals surface area (Å²) in [6.45, 7) is 12.5. The summed E-state index contributed by atoms with van der Waals surface area (Å²) in [4.78, 5) is 45.4. The van der Waals surface area contributed by atoms with Crippen molar-refractivity contribution in [1.82, 2.24) is 4.90 Å². The van der Waals surface area contributed by atoms with Gasteiger partial charge in [0.2, 0.25) is 5.91 Å². The van der Waals surface area contributed by atoms with Crippen molar-refractivity contribution in [2.45, 2.75) is 74.9 Å². The molecule has 3 unspecified atom stereocenters. The number of likely N-dealkylation sites (tertiary alicyclic amines) is 1. The zero-order valence-electron chi connectivity index (χ0n) is 23.5. The molecule has 1 spiro atoms. The Hall–Kier alpha value is -2.49. The summed E-state index contributed by atoms with van der Waals surface area (Å²) >= 11 is 3.71. The Morgan fingerprint density at radius 3 is 2.55 bits per heavy atom. The van der Waals surface area contributed by atoms with Crippen LogP contribution in [0.3, 0.4) is 0 Å². The Labute approximate surface area is 245 Å². The summed E-state index contributed by atoms with van der Waals surface area (Å²) in [6.07, 6.45) is 6.78. The van der Waals surface area contributed by atoms with Gasteiger partial charge in [0.1, 0.15) is 11.6 Å². The van der Waals surface area contributed by atoms with E-state index < -0.39 is 35.6 Å². The molecular weight excluding hydrogens is 576 g/mol. The fraction of sp³-hybridized carbons (Fsp3) is 0.581. The molecule has 0 aliphatic carbocycles. The van der Waals surface area contributed by atoms with Gasteiger partial charge in [-0.3, -0.25) is 14.4 Å². The van der Waals surface area contributed by atoms with E-state index >= 15 is 0 Å². The molecule has 8 nitrogen and oxygen atoms in total. The lowest BCUT2D eigenvalue weighted by molar-refractivity contribution is -0.154. The summed E-state index contributed by atoms with van der Waals surface area (Å²) in [7, 11) is 0. The van der Waals surface area contributed by atoms with Crippen LogP contribution in [0.5, 0.6) is 0 Å². The first-order valence-electron chi connectivity index (χ1n) is 14.2. The third kappa shape index (κ3) is 5.40. The van der Waals surface area contributed by atoms with Gasteiger partial charge < -0.3 is 24.4 Å². The van der Waals surface area contributed by atoms with Gasteiger partial charge in [0.15, 0.2) is 0 Å². The number of esters is 1. The monoisotopic (exact) mass is 616 g/mol. The Morgan fingerprint density at radius 2 is 1.90 bits per heavy atom. The van der Waals surface area contributed by atoms with E-state index in [4.69, 9.17) is 14.6 Å². The molecule has 3 aliphatic rings. The molecule has 4 rings (SSSR count). The Morgan fingerprint density at radius 1 is 1.20 bits per heavy atom. The number of carbonyl (C=O) groups is 3.